The van der Waals surface area contributed by atoms with Crippen LogP contribution in [0.25, 0.3) is 0 Å². The molecule has 1 aliphatic rings. The first kappa shape index (κ1) is 20.8. The third-order valence-corrected chi connectivity index (χ3v) is 3.70. The quantitative estimate of drug-likeness (QED) is 0.630. The van der Waals surface area contributed by atoms with Gasteiger partial charge in [0.05, 0.1) is 24.6 Å². The molecular weight excluding hydrogens is 351 g/mol. The predicted molar refractivity (Wildman–Crippen MR) is 103 cm³/mol. The van der Waals surface area contributed by atoms with Crippen molar-refractivity contribution in [2.24, 2.45) is 21.5 Å². The number of allylic oxidation sites excluding steroid dienone is 1. The van der Waals surface area contributed by atoms with Gasteiger partial charge < -0.3 is 26.0 Å². The molecule has 1 heterocycles. The van der Waals surface area contributed by atoms with E-state index in [0.717, 1.165) is 0 Å². The second-order valence-corrected chi connectivity index (χ2v) is 5.90. The molecule has 0 saturated carbocycles. The third kappa shape index (κ3) is 5.72. The average Bonchev–Trinajstić information content (AvgIpc) is 3.17. The molecule has 5 N–H and O–H groups in total. The van der Waals surface area contributed by atoms with Gasteiger partial charge >= 0.3 is 0 Å². The molecule has 0 amide bonds. The second kappa shape index (κ2) is 9.96. The summed E-state index contributed by atoms with van der Waals surface area (Å²) >= 11 is 0. The molecule has 27 heavy (non-hydrogen) atoms. The number of halogens is 1. The Morgan fingerprint density at radius 1 is 1.41 bits per heavy atom. The van der Waals surface area contributed by atoms with Crippen LogP contribution in [-0.2, 0) is 9.47 Å². The largest absolute Gasteiger partial charge is 0.404 e. The number of aliphatic hydroxyl groups excluding tert-OH is 1. The van der Waals surface area contributed by atoms with E-state index in [-0.39, 0.29) is 5.71 Å². The summed E-state index contributed by atoms with van der Waals surface area (Å²) in [5, 5.41) is 10.7. The Morgan fingerprint density at radius 3 is 2.70 bits per heavy atom. The van der Waals surface area contributed by atoms with Gasteiger partial charge in [0.25, 0.3) is 0 Å². The maximum atomic E-state index is 13.7. The molecule has 8 heteroatoms. The summed E-state index contributed by atoms with van der Waals surface area (Å²) in [6, 6.07) is 4.07. The van der Waals surface area contributed by atoms with Gasteiger partial charge in [0.2, 0.25) is 0 Å². The molecule has 2 rings (SSSR count). The lowest BCUT2D eigenvalue weighted by Gasteiger charge is -2.16. The van der Waals surface area contributed by atoms with Crippen molar-refractivity contribution < 1.29 is 19.0 Å². The molecule has 0 aromatic heterocycles. The normalized spacial score (nSPS) is 18.4. The van der Waals surface area contributed by atoms with Crippen molar-refractivity contribution in [1.82, 2.24) is 0 Å². The van der Waals surface area contributed by atoms with Crippen molar-refractivity contribution in [2.75, 3.05) is 19.8 Å². The Bertz CT molecular complexity index is 764. The minimum absolute atomic E-state index is 0.236. The van der Waals surface area contributed by atoms with Crippen LogP contribution in [0.15, 0.2) is 51.7 Å². The zero-order valence-electron chi connectivity index (χ0n) is 15.4. The summed E-state index contributed by atoms with van der Waals surface area (Å²) < 4.78 is 24.7. The monoisotopic (exact) mass is 376 g/mol. The Hall–Kier alpha value is -2.55. The summed E-state index contributed by atoms with van der Waals surface area (Å²) in [5.74, 6) is -0.437. The number of aliphatic hydroxyl groups is 1. The maximum absolute atomic E-state index is 13.7. The number of benzene rings is 1. The van der Waals surface area contributed by atoms with E-state index in [4.69, 9.17) is 20.9 Å². The highest BCUT2D eigenvalue weighted by atomic mass is 19.1. The highest BCUT2D eigenvalue weighted by molar-refractivity contribution is 6.06. The number of ether oxygens (including phenoxy) is 2. The molecule has 146 valence electrons. The van der Waals surface area contributed by atoms with Gasteiger partial charge in [-0.15, -0.1) is 0 Å². The number of nitrogens with two attached hydrogens (primary N) is 2. The van der Waals surface area contributed by atoms with Crippen molar-refractivity contribution in [2.45, 2.75) is 26.2 Å². The smallest absolute Gasteiger partial charge is 0.186 e. The van der Waals surface area contributed by atoms with Crippen molar-refractivity contribution in [1.29, 1.82) is 0 Å². The lowest BCUT2D eigenvalue weighted by atomic mass is 10.1. The first-order chi connectivity index (χ1) is 13.0. The number of rotatable bonds is 7. The average molecular weight is 376 g/mol. The van der Waals surface area contributed by atoms with Gasteiger partial charge in [0.1, 0.15) is 11.9 Å². The van der Waals surface area contributed by atoms with Crippen molar-refractivity contribution >= 4 is 17.6 Å². The van der Waals surface area contributed by atoms with E-state index < -0.39 is 18.2 Å². The van der Waals surface area contributed by atoms with E-state index in [2.05, 4.69) is 9.98 Å². The maximum Gasteiger partial charge on any atom is 0.186 e. The molecular formula is C19H25FN4O3. The van der Waals surface area contributed by atoms with Crippen LogP contribution in [0.1, 0.15) is 25.7 Å². The van der Waals surface area contributed by atoms with Gasteiger partial charge in [-0.1, -0.05) is 0 Å². The molecule has 7 nitrogen and oxygen atoms in total. The topological polar surface area (TPSA) is 115 Å². The van der Waals surface area contributed by atoms with Crippen LogP contribution in [0.2, 0.25) is 0 Å². The zero-order chi connectivity index (χ0) is 19.8. The second-order valence-electron chi connectivity index (χ2n) is 5.90. The van der Waals surface area contributed by atoms with E-state index in [1.807, 2.05) is 6.92 Å². The molecule has 1 aliphatic heterocycles. The van der Waals surface area contributed by atoms with Crippen LogP contribution in [0.3, 0.4) is 0 Å². The Morgan fingerprint density at radius 2 is 2.11 bits per heavy atom. The van der Waals surface area contributed by atoms with Crippen molar-refractivity contribution in [3.05, 3.63) is 53.1 Å². The highest BCUT2D eigenvalue weighted by Crippen LogP contribution is 2.32. The van der Waals surface area contributed by atoms with E-state index in [1.54, 1.807) is 6.92 Å². The number of nitrogens with zero attached hydrogens (tertiary/aromatic N) is 2. The molecule has 1 saturated heterocycles. The first-order valence-electron chi connectivity index (χ1n) is 8.61. The fraction of sp³-hybridized carbons (Fsp3) is 0.368. The summed E-state index contributed by atoms with van der Waals surface area (Å²) in [6.07, 6.45) is 2.39. The fourth-order valence-corrected chi connectivity index (χ4v) is 2.47. The molecule has 1 atom stereocenters. The zero-order valence-corrected chi connectivity index (χ0v) is 15.4. The minimum Gasteiger partial charge on any atom is -0.404 e. The van der Waals surface area contributed by atoms with Crippen molar-refractivity contribution in [3.63, 3.8) is 0 Å². The SMILES string of the molecule is CCN=CC(=CN)C(O)C(C=C(C)N)=Nc1ccc(F)cc1C1OCCO1. The number of hydrogen-bond donors (Lipinski definition) is 3. The van der Waals surface area contributed by atoms with Crippen molar-refractivity contribution in [3.8, 4) is 0 Å². The van der Waals surface area contributed by atoms with Crippen LogP contribution < -0.4 is 11.5 Å². The summed E-state index contributed by atoms with van der Waals surface area (Å²) in [7, 11) is 0. The van der Waals surface area contributed by atoms with Crippen LogP contribution in [0, 0.1) is 5.82 Å². The van der Waals surface area contributed by atoms with Gasteiger partial charge in [0.15, 0.2) is 6.29 Å². The molecule has 0 spiro atoms. The molecule has 0 radical (unpaired) electrons. The summed E-state index contributed by atoms with van der Waals surface area (Å²) in [4.78, 5) is 8.58. The van der Waals surface area contributed by atoms with Crippen LogP contribution in [0.5, 0.6) is 0 Å². The Labute approximate surface area is 157 Å². The standard InChI is InChI=1S/C19H25FN4O3/c1-3-23-11-13(10-21)18(25)17(8-12(2)22)24-16-5-4-14(20)9-15(16)19-26-6-7-27-19/h4-5,8-11,18-19,25H,3,6-7,21-22H2,1-2H3. The van der Waals surface area contributed by atoms with Gasteiger partial charge in [-0.2, -0.15) is 0 Å². The van der Waals surface area contributed by atoms with E-state index in [0.29, 0.717) is 42.3 Å². The first-order valence-corrected chi connectivity index (χ1v) is 8.61. The van der Waals surface area contributed by atoms with Crippen LogP contribution in [0.4, 0.5) is 10.1 Å². The third-order valence-electron chi connectivity index (χ3n) is 3.70. The highest BCUT2D eigenvalue weighted by Gasteiger charge is 2.23. The lowest BCUT2D eigenvalue weighted by molar-refractivity contribution is -0.0438. The molecule has 1 unspecified atom stereocenters. The molecule has 1 aromatic carbocycles. The van der Waals surface area contributed by atoms with E-state index in [9.17, 15) is 9.50 Å². The summed E-state index contributed by atoms with van der Waals surface area (Å²) in [6.45, 7) is 4.90. The van der Waals surface area contributed by atoms with Gasteiger partial charge in [0, 0.05) is 35.8 Å². The van der Waals surface area contributed by atoms with Crippen LogP contribution >= 0.6 is 0 Å². The number of hydrogen-bond acceptors (Lipinski definition) is 7. The Kier molecular flexibility index (Phi) is 7.66. The fourth-order valence-electron chi connectivity index (χ4n) is 2.47. The molecule has 0 bridgehead atoms. The molecule has 1 fully saturated rings. The van der Waals surface area contributed by atoms with E-state index >= 15 is 0 Å². The molecule has 1 aromatic rings. The van der Waals surface area contributed by atoms with Gasteiger partial charge in [-0.25, -0.2) is 9.38 Å². The van der Waals surface area contributed by atoms with E-state index in [1.165, 1.54) is 36.7 Å². The number of aliphatic imine (C=N–C) groups is 2. The summed E-state index contributed by atoms with van der Waals surface area (Å²) in [5.41, 5.74) is 13.3. The minimum atomic E-state index is -1.16. The van der Waals surface area contributed by atoms with Gasteiger partial charge in [-0.05, 0) is 38.1 Å². The molecule has 0 aliphatic carbocycles. The lowest BCUT2D eigenvalue weighted by Crippen LogP contribution is -2.24. The van der Waals surface area contributed by atoms with Crippen LogP contribution in [-0.4, -0.2) is 42.9 Å². The predicted octanol–water partition coefficient (Wildman–Crippen LogP) is 2.10. The van der Waals surface area contributed by atoms with Gasteiger partial charge in [-0.3, -0.25) is 4.99 Å². The Balaban J connectivity index is 2.49.